The minimum atomic E-state index is -0.939. The number of hydrogen-bond donors (Lipinski definition) is 1. The van der Waals surface area contributed by atoms with Gasteiger partial charge in [0.1, 0.15) is 5.75 Å². The summed E-state index contributed by atoms with van der Waals surface area (Å²) in [4.78, 5) is 0. The van der Waals surface area contributed by atoms with Crippen LogP contribution in [0.15, 0.2) is 48.5 Å². The molecule has 3 heteroatoms. The fourth-order valence-electron chi connectivity index (χ4n) is 2.30. The molecule has 2 aromatic rings. The van der Waals surface area contributed by atoms with Gasteiger partial charge < -0.3 is 9.68 Å². The Bertz CT molecular complexity index is 579. The first kappa shape index (κ1) is 15.6. The molecule has 0 heterocycles. The highest BCUT2D eigenvalue weighted by Crippen LogP contribution is 2.30. The van der Waals surface area contributed by atoms with Gasteiger partial charge in [-0.15, -0.1) is 0 Å². The average molecular weight is 282 g/mol. The Kier molecular flexibility index (Phi) is 5.08. The van der Waals surface area contributed by atoms with Crippen molar-refractivity contribution in [1.82, 2.24) is 0 Å². The van der Waals surface area contributed by atoms with Crippen molar-refractivity contribution in [2.75, 3.05) is 0 Å². The molecule has 0 spiro atoms. The highest BCUT2D eigenvalue weighted by Gasteiger charge is 2.21. The molecule has 2 aromatic carbocycles. The summed E-state index contributed by atoms with van der Waals surface area (Å²) in [5, 5.41) is 10.3. The van der Waals surface area contributed by atoms with Crippen LogP contribution in [0.1, 0.15) is 50.7 Å². The molecule has 0 fully saturated rings. The Morgan fingerprint density at radius 1 is 0.905 bits per heavy atom. The molecule has 0 radical (unpaired) electrons. The molecular formula is C18H23BO2. The van der Waals surface area contributed by atoms with Crippen LogP contribution in [0.25, 0.3) is 0 Å². The molecule has 0 saturated heterocycles. The van der Waals surface area contributed by atoms with Crippen LogP contribution in [0, 0.1) is 0 Å². The first-order valence-electron chi connectivity index (χ1n) is 7.52. The van der Waals surface area contributed by atoms with Crippen LogP contribution in [0.5, 0.6) is 5.75 Å². The van der Waals surface area contributed by atoms with Crippen LogP contribution in [-0.2, 0) is 0 Å². The summed E-state index contributed by atoms with van der Waals surface area (Å²) in [6.45, 7) is 8.57. The lowest BCUT2D eigenvalue weighted by molar-refractivity contribution is 0.428. The molecule has 2 rings (SSSR count). The van der Waals surface area contributed by atoms with Crippen molar-refractivity contribution in [2.45, 2.75) is 39.5 Å². The predicted octanol–water partition coefficient (Wildman–Crippen LogP) is 3.70. The number of rotatable bonds is 5. The van der Waals surface area contributed by atoms with Gasteiger partial charge in [0.25, 0.3) is 0 Å². The lowest BCUT2D eigenvalue weighted by Crippen LogP contribution is -2.36. The molecule has 0 saturated carbocycles. The van der Waals surface area contributed by atoms with Gasteiger partial charge in [-0.3, -0.25) is 0 Å². The second-order valence-electron chi connectivity index (χ2n) is 5.99. The summed E-state index contributed by atoms with van der Waals surface area (Å²) in [7, 11) is -0.939. The van der Waals surface area contributed by atoms with Crippen molar-refractivity contribution in [1.29, 1.82) is 0 Å². The Hall–Kier alpha value is -1.74. The van der Waals surface area contributed by atoms with Crippen molar-refractivity contribution < 1.29 is 9.68 Å². The molecule has 0 aliphatic carbocycles. The minimum Gasteiger partial charge on any atom is -0.532 e. The fourth-order valence-corrected chi connectivity index (χ4v) is 2.30. The fraction of sp³-hybridized carbons (Fsp3) is 0.333. The molecule has 0 aliphatic rings. The third-order valence-corrected chi connectivity index (χ3v) is 3.65. The molecule has 0 amide bonds. The van der Waals surface area contributed by atoms with E-state index >= 15 is 0 Å². The smallest absolute Gasteiger partial charge is 0.532 e. The summed E-state index contributed by atoms with van der Waals surface area (Å²) in [6, 6.07) is 15.7. The molecule has 1 N–H and O–H groups in total. The standard InChI is InChI=1S/C18H23BO2/c1-13(2)15-10-11-17(14(3)4)18(12-15)21-19(20)16-8-6-5-7-9-16/h5-14,20H,1-4H3. The normalized spacial score (nSPS) is 11.0. The molecule has 0 atom stereocenters. The van der Waals surface area contributed by atoms with Crippen molar-refractivity contribution in [2.24, 2.45) is 0 Å². The maximum Gasteiger partial charge on any atom is 0.560 e. The first-order valence-corrected chi connectivity index (χ1v) is 7.52. The summed E-state index contributed by atoms with van der Waals surface area (Å²) in [5.74, 6) is 1.55. The molecule has 2 nitrogen and oxygen atoms in total. The van der Waals surface area contributed by atoms with E-state index in [-0.39, 0.29) is 0 Å². The summed E-state index contributed by atoms with van der Waals surface area (Å²) >= 11 is 0. The van der Waals surface area contributed by atoms with Gasteiger partial charge in [-0.2, -0.15) is 0 Å². The molecule has 0 aromatic heterocycles. The van der Waals surface area contributed by atoms with Gasteiger partial charge in [0, 0.05) is 0 Å². The van der Waals surface area contributed by atoms with Gasteiger partial charge in [-0.1, -0.05) is 70.2 Å². The van der Waals surface area contributed by atoms with Crippen LogP contribution >= 0.6 is 0 Å². The van der Waals surface area contributed by atoms with E-state index in [1.54, 1.807) is 0 Å². The van der Waals surface area contributed by atoms with E-state index in [1.165, 1.54) is 5.56 Å². The average Bonchev–Trinajstić information content (AvgIpc) is 2.47. The van der Waals surface area contributed by atoms with Crippen molar-refractivity contribution in [3.63, 3.8) is 0 Å². The number of benzene rings is 2. The maximum absolute atomic E-state index is 10.3. The van der Waals surface area contributed by atoms with Gasteiger partial charge in [-0.05, 0) is 34.5 Å². The zero-order chi connectivity index (χ0) is 15.4. The van der Waals surface area contributed by atoms with Gasteiger partial charge in [0.15, 0.2) is 0 Å². The van der Waals surface area contributed by atoms with E-state index < -0.39 is 7.12 Å². The van der Waals surface area contributed by atoms with Gasteiger partial charge >= 0.3 is 7.12 Å². The highest BCUT2D eigenvalue weighted by atomic mass is 16.5. The third kappa shape index (κ3) is 3.89. The minimum absolute atomic E-state index is 0.351. The quantitative estimate of drug-likeness (QED) is 0.847. The Morgan fingerprint density at radius 2 is 1.57 bits per heavy atom. The predicted molar refractivity (Wildman–Crippen MR) is 89.3 cm³/mol. The lowest BCUT2D eigenvalue weighted by Gasteiger charge is -2.18. The Morgan fingerprint density at radius 3 is 2.14 bits per heavy atom. The monoisotopic (exact) mass is 282 g/mol. The van der Waals surface area contributed by atoms with Gasteiger partial charge in [0.05, 0.1) is 0 Å². The second-order valence-corrected chi connectivity index (χ2v) is 5.99. The maximum atomic E-state index is 10.3. The Labute approximate surface area is 127 Å². The van der Waals surface area contributed by atoms with Crippen molar-refractivity contribution >= 4 is 12.6 Å². The van der Waals surface area contributed by atoms with Gasteiger partial charge in [0.2, 0.25) is 0 Å². The van der Waals surface area contributed by atoms with E-state index in [0.717, 1.165) is 16.8 Å². The van der Waals surface area contributed by atoms with Gasteiger partial charge in [-0.25, -0.2) is 0 Å². The van der Waals surface area contributed by atoms with E-state index in [1.807, 2.05) is 36.4 Å². The van der Waals surface area contributed by atoms with Crippen LogP contribution in [-0.4, -0.2) is 12.1 Å². The van der Waals surface area contributed by atoms with E-state index in [2.05, 4.69) is 39.8 Å². The van der Waals surface area contributed by atoms with Crippen LogP contribution in [0.3, 0.4) is 0 Å². The lowest BCUT2D eigenvalue weighted by atomic mass is 9.79. The SMILES string of the molecule is CC(C)c1ccc(C(C)C)c(OB(O)c2ccccc2)c1. The largest absolute Gasteiger partial charge is 0.560 e. The second kappa shape index (κ2) is 6.81. The molecule has 0 unspecified atom stereocenters. The summed E-state index contributed by atoms with van der Waals surface area (Å²) in [5.41, 5.74) is 3.10. The molecule has 21 heavy (non-hydrogen) atoms. The van der Waals surface area contributed by atoms with Crippen molar-refractivity contribution in [3.05, 3.63) is 59.7 Å². The van der Waals surface area contributed by atoms with E-state index in [0.29, 0.717) is 11.8 Å². The summed E-state index contributed by atoms with van der Waals surface area (Å²) in [6.07, 6.45) is 0. The van der Waals surface area contributed by atoms with Crippen molar-refractivity contribution in [3.8, 4) is 5.75 Å². The first-order chi connectivity index (χ1) is 9.99. The summed E-state index contributed by atoms with van der Waals surface area (Å²) < 4.78 is 5.84. The molecule has 110 valence electrons. The zero-order valence-electron chi connectivity index (χ0n) is 13.2. The third-order valence-electron chi connectivity index (χ3n) is 3.65. The van der Waals surface area contributed by atoms with E-state index in [9.17, 15) is 5.02 Å². The van der Waals surface area contributed by atoms with E-state index in [4.69, 9.17) is 4.65 Å². The van der Waals surface area contributed by atoms with Crippen LogP contribution in [0.4, 0.5) is 0 Å². The molecule has 0 bridgehead atoms. The Balaban J connectivity index is 2.30. The topological polar surface area (TPSA) is 29.5 Å². The molecular weight excluding hydrogens is 259 g/mol. The van der Waals surface area contributed by atoms with Crippen LogP contribution < -0.4 is 10.1 Å². The van der Waals surface area contributed by atoms with Crippen LogP contribution in [0.2, 0.25) is 0 Å². The zero-order valence-corrected chi connectivity index (χ0v) is 13.2. The number of hydrogen-bond acceptors (Lipinski definition) is 2. The highest BCUT2D eigenvalue weighted by molar-refractivity contribution is 6.60. The molecule has 0 aliphatic heterocycles.